The van der Waals surface area contributed by atoms with Crippen LogP contribution in [0.25, 0.3) is 0 Å². The molecule has 0 unspecified atom stereocenters. The summed E-state index contributed by atoms with van der Waals surface area (Å²) in [6.07, 6.45) is 16.4. The molecule has 1 heterocycles. The molecule has 6 aliphatic rings. The van der Waals surface area contributed by atoms with Crippen LogP contribution in [0.2, 0.25) is 0 Å². The van der Waals surface area contributed by atoms with E-state index in [1.807, 2.05) is 7.11 Å². The molecule has 7 rings (SSSR count). The van der Waals surface area contributed by atoms with Gasteiger partial charge in [0.1, 0.15) is 23.1 Å². The monoisotopic (exact) mass is 840 g/mol. The van der Waals surface area contributed by atoms with Gasteiger partial charge in [0.2, 0.25) is 0 Å². The van der Waals surface area contributed by atoms with Crippen molar-refractivity contribution in [1.82, 2.24) is 4.90 Å². The van der Waals surface area contributed by atoms with Crippen molar-refractivity contribution in [3.8, 4) is 5.75 Å². The zero-order valence-corrected chi connectivity index (χ0v) is 37.9. The SMILES string of the molecule is CCCCCCCCCCCCCCCC(=O)O[C@]12C[C@H](OC)[C@@]3(O)C[C@H]([C@@H]1[C@H]3OC(=O)c1ccc(OC)cc1)[C@@]13[C@@H](OC)CC[C@@]4(COC)CN(CC)[C@@H]1[C@@H]2[C@H](OC)[C@H]43. The predicted octanol–water partition coefficient (Wildman–Crippen LogP) is 8.18. The van der Waals surface area contributed by atoms with Gasteiger partial charge in [-0.25, -0.2) is 4.79 Å². The fraction of sp³-hybridized carbons (Fsp3) is 0.837. The van der Waals surface area contributed by atoms with E-state index in [2.05, 4.69) is 18.7 Å². The second-order valence-corrected chi connectivity index (χ2v) is 19.5. The average molecular weight is 840 g/mol. The molecular weight excluding hydrogens is 763 g/mol. The van der Waals surface area contributed by atoms with Gasteiger partial charge in [0.05, 0.1) is 37.6 Å². The number of carbonyl (C=O) groups is 2. The van der Waals surface area contributed by atoms with Crippen LogP contribution in [0.3, 0.4) is 0 Å². The van der Waals surface area contributed by atoms with E-state index in [9.17, 15) is 14.7 Å². The first kappa shape index (κ1) is 45.7. The van der Waals surface area contributed by atoms with Crippen LogP contribution in [0.15, 0.2) is 24.3 Å². The molecule has 1 spiro atoms. The van der Waals surface area contributed by atoms with Crippen molar-refractivity contribution >= 4 is 11.9 Å². The van der Waals surface area contributed by atoms with Crippen LogP contribution >= 0.6 is 0 Å². The third-order valence-corrected chi connectivity index (χ3v) is 16.8. The van der Waals surface area contributed by atoms with E-state index in [1.165, 1.54) is 64.2 Å². The molecule has 5 saturated carbocycles. The Kier molecular flexibility index (Phi) is 14.7. The molecule has 1 aliphatic heterocycles. The van der Waals surface area contributed by atoms with Gasteiger partial charge in [-0.15, -0.1) is 0 Å². The van der Waals surface area contributed by atoms with Crippen LogP contribution in [-0.2, 0) is 33.2 Å². The molecule has 5 aliphatic carbocycles. The van der Waals surface area contributed by atoms with E-state index in [4.69, 9.17) is 33.2 Å². The Labute approximate surface area is 360 Å². The molecule has 0 amide bonds. The van der Waals surface area contributed by atoms with Crippen LogP contribution in [0.1, 0.15) is 140 Å². The van der Waals surface area contributed by atoms with Crippen molar-refractivity contribution in [2.45, 2.75) is 171 Å². The Bertz CT molecular complexity index is 1590. The first-order valence-corrected chi connectivity index (χ1v) is 23.7. The Hall–Kier alpha value is -2.28. The second-order valence-electron chi connectivity index (χ2n) is 19.5. The molecule has 60 heavy (non-hydrogen) atoms. The minimum absolute atomic E-state index is 0.0000281. The number of fused-ring (bicyclic) bond motifs is 2. The Morgan fingerprint density at radius 1 is 0.783 bits per heavy atom. The van der Waals surface area contributed by atoms with Gasteiger partial charge in [0, 0.05) is 82.5 Å². The van der Waals surface area contributed by atoms with Crippen LogP contribution < -0.4 is 4.74 Å². The number of esters is 2. The van der Waals surface area contributed by atoms with Crippen molar-refractivity contribution in [2.24, 2.45) is 34.5 Å². The molecular formula is C49H77NO10. The summed E-state index contributed by atoms with van der Waals surface area (Å²) >= 11 is 0. The number of methoxy groups -OCH3 is 5. The maximum absolute atomic E-state index is 14.5. The minimum atomic E-state index is -1.52. The van der Waals surface area contributed by atoms with Gasteiger partial charge in [-0.3, -0.25) is 9.69 Å². The summed E-state index contributed by atoms with van der Waals surface area (Å²) in [7, 11) is 8.60. The number of aliphatic hydroxyl groups is 1. The van der Waals surface area contributed by atoms with Crippen LogP contribution in [0.4, 0.5) is 0 Å². The third kappa shape index (κ3) is 7.54. The average Bonchev–Trinajstić information content (AvgIpc) is 3.63. The number of ether oxygens (including phenoxy) is 7. The van der Waals surface area contributed by atoms with Crippen LogP contribution in [-0.4, -0.2) is 119 Å². The lowest BCUT2D eigenvalue weighted by molar-refractivity contribution is -0.287. The number of hydrogen-bond donors (Lipinski definition) is 1. The highest BCUT2D eigenvalue weighted by atomic mass is 16.6. The smallest absolute Gasteiger partial charge is 0.338 e. The van der Waals surface area contributed by atoms with Gasteiger partial charge in [0.15, 0.2) is 0 Å². The van der Waals surface area contributed by atoms with E-state index in [0.717, 1.165) is 45.2 Å². The molecule has 1 aromatic carbocycles. The van der Waals surface area contributed by atoms with Crippen molar-refractivity contribution in [3.63, 3.8) is 0 Å². The summed E-state index contributed by atoms with van der Waals surface area (Å²) in [4.78, 5) is 31.4. The normalized spacial score (nSPS) is 38.5. The maximum atomic E-state index is 14.5. The fourth-order valence-electron chi connectivity index (χ4n) is 14.7. The largest absolute Gasteiger partial charge is 0.497 e. The Morgan fingerprint density at radius 2 is 1.42 bits per heavy atom. The summed E-state index contributed by atoms with van der Waals surface area (Å²) in [6.45, 7) is 6.68. The highest BCUT2D eigenvalue weighted by Crippen LogP contribution is 2.80. The molecule has 0 radical (unpaired) electrons. The van der Waals surface area contributed by atoms with E-state index in [0.29, 0.717) is 37.2 Å². The summed E-state index contributed by atoms with van der Waals surface area (Å²) in [5.74, 6) is -1.19. The molecule has 1 N–H and O–H groups in total. The quantitative estimate of drug-likeness (QED) is 0.0802. The fourth-order valence-corrected chi connectivity index (χ4v) is 14.7. The number of hydrogen-bond acceptors (Lipinski definition) is 11. The molecule has 11 nitrogen and oxygen atoms in total. The number of piperidine rings is 1. The van der Waals surface area contributed by atoms with Crippen molar-refractivity contribution in [3.05, 3.63) is 29.8 Å². The Morgan fingerprint density at radius 3 is 1.98 bits per heavy atom. The highest BCUT2D eigenvalue weighted by molar-refractivity contribution is 5.89. The molecule has 1 saturated heterocycles. The summed E-state index contributed by atoms with van der Waals surface area (Å²) in [5.41, 5.74) is -3.06. The van der Waals surface area contributed by atoms with Gasteiger partial charge >= 0.3 is 11.9 Å². The number of benzene rings is 1. The standard InChI is InChI=1S/C49H77NO10/c1-8-10-11-12-13-14-15-16-17-18-19-20-21-22-38(51)60-48-30-37(57-6)47(53)29-35(39(48)44(47)59-45(52)33-23-25-34(55-4)26-24-33)49-36(56-5)27-28-46(32-54-3)31-50(9-2)43(49)40(48)41(58-7)42(46)49/h23-26,35-37,39-44,53H,8-22,27-32H2,1-7H3/t35-,36+,37+,39-,40+,41+,42-,43-,44-,46+,47+,48-,49+/m1/s1. The second kappa shape index (κ2) is 19.2. The number of rotatable bonds is 24. The number of carbonyl (C=O) groups excluding carboxylic acids is 2. The lowest BCUT2D eigenvalue weighted by atomic mass is 9.43. The third-order valence-electron chi connectivity index (χ3n) is 16.8. The molecule has 1 aromatic rings. The summed E-state index contributed by atoms with van der Waals surface area (Å²) < 4.78 is 44.9. The molecule has 6 fully saturated rings. The summed E-state index contributed by atoms with van der Waals surface area (Å²) in [5, 5.41) is 13.1. The first-order valence-electron chi connectivity index (χ1n) is 23.7. The first-order chi connectivity index (χ1) is 29.1. The van der Waals surface area contributed by atoms with E-state index in [-0.39, 0.29) is 47.4 Å². The van der Waals surface area contributed by atoms with Gasteiger partial charge in [-0.05, 0) is 62.4 Å². The zero-order valence-electron chi connectivity index (χ0n) is 37.9. The summed E-state index contributed by atoms with van der Waals surface area (Å²) in [6, 6.07) is 6.77. The zero-order chi connectivity index (χ0) is 42.7. The van der Waals surface area contributed by atoms with Crippen LogP contribution in [0.5, 0.6) is 5.75 Å². The Balaban J connectivity index is 1.20. The van der Waals surface area contributed by atoms with E-state index >= 15 is 0 Å². The molecule has 11 heteroatoms. The number of likely N-dealkylation sites (tertiary alicyclic amines) is 1. The topological polar surface area (TPSA) is 122 Å². The highest BCUT2D eigenvalue weighted by Gasteiger charge is 2.89. The molecule has 338 valence electrons. The maximum Gasteiger partial charge on any atom is 0.338 e. The van der Waals surface area contributed by atoms with Gasteiger partial charge in [-0.2, -0.15) is 0 Å². The molecule has 13 atom stereocenters. The van der Waals surface area contributed by atoms with Gasteiger partial charge in [0.25, 0.3) is 0 Å². The van der Waals surface area contributed by atoms with Gasteiger partial charge in [-0.1, -0.05) is 90.9 Å². The lowest BCUT2D eigenvalue weighted by Crippen LogP contribution is -2.77. The molecule has 7 bridgehead atoms. The van der Waals surface area contributed by atoms with Crippen molar-refractivity contribution in [2.75, 3.05) is 55.2 Å². The lowest BCUT2D eigenvalue weighted by Gasteiger charge is -2.69. The van der Waals surface area contributed by atoms with Crippen molar-refractivity contribution in [1.29, 1.82) is 0 Å². The van der Waals surface area contributed by atoms with Crippen LogP contribution in [0, 0.1) is 34.5 Å². The van der Waals surface area contributed by atoms with Crippen molar-refractivity contribution < 1.29 is 47.9 Å². The molecule has 0 aromatic heterocycles. The van der Waals surface area contributed by atoms with E-state index in [1.54, 1.807) is 52.7 Å². The predicted molar refractivity (Wildman–Crippen MR) is 229 cm³/mol. The minimum Gasteiger partial charge on any atom is -0.497 e. The number of unbranched alkanes of at least 4 members (excludes halogenated alkanes) is 12. The van der Waals surface area contributed by atoms with Gasteiger partial charge < -0.3 is 38.3 Å². The van der Waals surface area contributed by atoms with E-state index < -0.39 is 40.7 Å². The number of nitrogens with zero attached hydrogens (tertiary/aromatic N) is 1.